The molecule has 10 nitrogen and oxygen atoms in total. The van der Waals surface area contributed by atoms with Crippen molar-refractivity contribution < 1.29 is 32.8 Å². The zero-order chi connectivity index (χ0) is 24.6. The van der Waals surface area contributed by atoms with Crippen LogP contribution < -0.4 is 10.6 Å². The van der Waals surface area contributed by atoms with Gasteiger partial charge in [-0.3, -0.25) is 38.9 Å². The summed E-state index contributed by atoms with van der Waals surface area (Å²) < 4.78 is 27.2. The number of carbonyl (C=O) groups is 5. The smallest absolute Gasteiger partial charge is 0.280 e. The van der Waals surface area contributed by atoms with Crippen LogP contribution in [0.15, 0.2) is 24.4 Å². The molecule has 2 aliphatic rings. The molecule has 3 heterocycles. The molecular formula is C22H21F2N5O5. The van der Waals surface area contributed by atoms with Gasteiger partial charge in [-0.15, -0.1) is 0 Å². The average molecular weight is 473 g/mol. The molecule has 4 rings (SSSR count). The molecule has 0 radical (unpaired) electrons. The monoisotopic (exact) mass is 473 g/mol. The van der Waals surface area contributed by atoms with E-state index in [0.29, 0.717) is 12.8 Å². The maximum absolute atomic E-state index is 13.1. The van der Waals surface area contributed by atoms with Crippen molar-refractivity contribution in [3.63, 3.8) is 0 Å². The summed E-state index contributed by atoms with van der Waals surface area (Å²) in [5.41, 5.74) is 0.442. The van der Waals surface area contributed by atoms with Gasteiger partial charge >= 0.3 is 0 Å². The molecule has 5 amide bonds. The lowest BCUT2D eigenvalue weighted by Gasteiger charge is -2.27. The number of nitrogens with zero attached hydrogens (tertiary/aromatic N) is 3. The summed E-state index contributed by atoms with van der Waals surface area (Å²) >= 11 is 0. The molecule has 0 saturated carbocycles. The second kappa shape index (κ2) is 9.12. The number of imide groups is 2. The number of benzene rings is 1. The molecule has 2 aromatic rings. The van der Waals surface area contributed by atoms with Crippen molar-refractivity contribution in [2.24, 2.45) is 7.05 Å². The first-order valence-corrected chi connectivity index (χ1v) is 10.6. The molecule has 0 spiro atoms. The van der Waals surface area contributed by atoms with Crippen LogP contribution >= 0.6 is 0 Å². The van der Waals surface area contributed by atoms with Crippen LogP contribution in [0.25, 0.3) is 0 Å². The maximum Gasteiger partial charge on any atom is 0.280 e. The molecule has 0 aliphatic carbocycles. The molecule has 0 bridgehead atoms. The Morgan fingerprint density at radius 1 is 1.21 bits per heavy atom. The van der Waals surface area contributed by atoms with Gasteiger partial charge in [-0.05, 0) is 37.0 Å². The van der Waals surface area contributed by atoms with Crippen LogP contribution in [0, 0.1) is 0 Å². The van der Waals surface area contributed by atoms with Crippen molar-refractivity contribution in [3.8, 4) is 0 Å². The lowest BCUT2D eigenvalue weighted by Crippen LogP contribution is -2.54. The number of piperidine rings is 1. The number of carbonyl (C=O) groups excluding carboxylic acids is 5. The van der Waals surface area contributed by atoms with Crippen molar-refractivity contribution in [2.45, 2.75) is 38.2 Å². The molecule has 1 fully saturated rings. The standard InChI is InChI=1S/C22H21F2N5O5/c1-28-17(18(23)24)14(10-26-28)19(31)25-8-2-3-11-4-5-12-13(9-11)22(34)29(21(12)33)15-6-7-16(30)27-20(15)32/h4-5,9-10,15,18H,2-3,6-8H2,1H3,(H,25,31)(H,27,30,32). The maximum atomic E-state index is 13.1. The molecular weight excluding hydrogens is 452 g/mol. The Kier molecular flexibility index (Phi) is 6.22. The number of halogens is 2. The van der Waals surface area contributed by atoms with E-state index in [-0.39, 0.29) is 36.1 Å². The van der Waals surface area contributed by atoms with Crippen LogP contribution in [0.2, 0.25) is 0 Å². The molecule has 2 N–H and O–H groups in total. The van der Waals surface area contributed by atoms with E-state index in [1.807, 2.05) is 0 Å². The highest BCUT2D eigenvalue weighted by atomic mass is 19.3. The Balaban J connectivity index is 1.37. The highest BCUT2D eigenvalue weighted by Crippen LogP contribution is 2.28. The van der Waals surface area contributed by atoms with Crippen LogP contribution in [0.4, 0.5) is 8.78 Å². The number of hydrogen-bond donors (Lipinski definition) is 2. The molecule has 178 valence electrons. The fraction of sp³-hybridized carbons (Fsp3) is 0.364. The molecule has 1 aromatic heterocycles. The average Bonchev–Trinajstić information content (AvgIpc) is 3.29. The third-order valence-electron chi connectivity index (χ3n) is 5.87. The first kappa shape index (κ1) is 23.2. The first-order chi connectivity index (χ1) is 16.2. The summed E-state index contributed by atoms with van der Waals surface area (Å²) in [5, 5.41) is 8.42. The molecule has 2 aliphatic heterocycles. The summed E-state index contributed by atoms with van der Waals surface area (Å²) in [4.78, 5) is 62.2. The normalized spacial score (nSPS) is 17.9. The number of aryl methyl sites for hydroxylation is 2. The third kappa shape index (κ3) is 4.18. The number of nitrogens with one attached hydrogen (secondary N) is 2. The Hall–Kier alpha value is -3.96. The van der Waals surface area contributed by atoms with Crippen molar-refractivity contribution in [2.75, 3.05) is 6.54 Å². The van der Waals surface area contributed by atoms with Gasteiger partial charge in [0.25, 0.3) is 24.1 Å². The number of hydrogen-bond acceptors (Lipinski definition) is 6. The second-order valence-electron chi connectivity index (χ2n) is 8.05. The number of fused-ring (bicyclic) bond motifs is 1. The molecule has 1 atom stereocenters. The van der Waals surface area contributed by atoms with E-state index in [4.69, 9.17) is 0 Å². The Bertz CT molecular complexity index is 1210. The summed E-state index contributed by atoms with van der Waals surface area (Å²) in [5.74, 6) is -2.95. The van der Waals surface area contributed by atoms with Gasteiger partial charge < -0.3 is 5.32 Å². The fourth-order valence-electron chi connectivity index (χ4n) is 4.14. The van der Waals surface area contributed by atoms with E-state index in [1.54, 1.807) is 12.1 Å². The lowest BCUT2D eigenvalue weighted by molar-refractivity contribution is -0.136. The van der Waals surface area contributed by atoms with Gasteiger partial charge in [0.1, 0.15) is 11.7 Å². The van der Waals surface area contributed by atoms with E-state index >= 15 is 0 Å². The van der Waals surface area contributed by atoms with Gasteiger partial charge in [0.05, 0.1) is 22.9 Å². The van der Waals surface area contributed by atoms with Gasteiger partial charge in [0.15, 0.2) is 0 Å². The van der Waals surface area contributed by atoms with E-state index in [1.165, 1.54) is 13.1 Å². The highest BCUT2D eigenvalue weighted by Gasteiger charge is 2.44. The lowest BCUT2D eigenvalue weighted by atomic mass is 10.0. The highest BCUT2D eigenvalue weighted by molar-refractivity contribution is 6.23. The molecule has 1 aromatic carbocycles. The minimum absolute atomic E-state index is 0.0403. The quantitative estimate of drug-likeness (QED) is 0.458. The summed E-state index contributed by atoms with van der Waals surface area (Å²) in [7, 11) is 1.33. The summed E-state index contributed by atoms with van der Waals surface area (Å²) in [6.45, 7) is 0.197. The van der Waals surface area contributed by atoms with Crippen molar-refractivity contribution in [1.29, 1.82) is 0 Å². The topological polar surface area (TPSA) is 130 Å². The van der Waals surface area contributed by atoms with Crippen LogP contribution in [0.5, 0.6) is 0 Å². The zero-order valence-corrected chi connectivity index (χ0v) is 18.1. The molecule has 12 heteroatoms. The minimum Gasteiger partial charge on any atom is -0.352 e. The predicted molar refractivity (Wildman–Crippen MR) is 112 cm³/mol. The first-order valence-electron chi connectivity index (χ1n) is 10.6. The number of rotatable bonds is 7. The van der Waals surface area contributed by atoms with Crippen molar-refractivity contribution >= 4 is 29.5 Å². The van der Waals surface area contributed by atoms with Gasteiger partial charge in [0, 0.05) is 20.0 Å². The molecule has 1 saturated heterocycles. The van der Waals surface area contributed by atoms with E-state index in [9.17, 15) is 32.8 Å². The van der Waals surface area contributed by atoms with Crippen molar-refractivity contribution in [3.05, 3.63) is 52.3 Å². The Morgan fingerprint density at radius 2 is 1.94 bits per heavy atom. The van der Waals surface area contributed by atoms with Crippen LogP contribution in [-0.2, 0) is 23.1 Å². The predicted octanol–water partition coefficient (Wildman–Crippen LogP) is 1.12. The van der Waals surface area contributed by atoms with Gasteiger partial charge in [-0.25, -0.2) is 8.78 Å². The van der Waals surface area contributed by atoms with Crippen LogP contribution in [-0.4, -0.2) is 56.8 Å². The molecule has 34 heavy (non-hydrogen) atoms. The Labute approximate surface area is 192 Å². The number of amides is 5. The van der Waals surface area contributed by atoms with Gasteiger partial charge in [-0.2, -0.15) is 5.10 Å². The van der Waals surface area contributed by atoms with Crippen molar-refractivity contribution in [1.82, 2.24) is 25.3 Å². The van der Waals surface area contributed by atoms with E-state index < -0.39 is 47.7 Å². The summed E-state index contributed by atoms with van der Waals surface area (Å²) in [6.07, 6.45) is -0.727. The largest absolute Gasteiger partial charge is 0.352 e. The number of aromatic nitrogens is 2. The zero-order valence-electron chi connectivity index (χ0n) is 18.1. The van der Waals surface area contributed by atoms with Crippen LogP contribution in [0.3, 0.4) is 0 Å². The SMILES string of the molecule is Cn1ncc(C(=O)NCCCc2ccc3c(c2)C(=O)N(C2CCC(=O)NC2=O)C3=O)c1C(F)F. The van der Waals surface area contributed by atoms with Gasteiger partial charge in [-0.1, -0.05) is 6.07 Å². The Morgan fingerprint density at radius 3 is 2.65 bits per heavy atom. The minimum atomic E-state index is -2.83. The fourth-order valence-corrected chi connectivity index (χ4v) is 4.14. The third-order valence-corrected chi connectivity index (χ3v) is 5.87. The van der Waals surface area contributed by atoms with Crippen LogP contribution in [0.1, 0.15) is 68.0 Å². The second-order valence-corrected chi connectivity index (χ2v) is 8.05. The summed E-state index contributed by atoms with van der Waals surface area (Å²) in [6, 6.07) is 3.73. The van der Waals surface area contributed by atoms with Gasteiger partial charge in [0.2, 0.25) is 11.8 Å². The number of alkyl halides is 2. The van der Waals surface area contributed by atoms with E-state index in [0.717, 1.165) is 21.3 Å². The molecule has 1 unspecified atom stereocenters. The van der Waals surface area contributed by atoms with E-state index in [2.05, 4.69) is 15.7 Å².